The number of nitrogens with one attached hydrogen (secondary N) is 4. The Morgan fingerprint density at radius 3 is 2.96 bits per heavy atom. The van der Waals surface area contributed by atoms with Gasteiger partial charge in [0.05, 0.1) is 11.1 Å². The Labute approximate surface area is 146 Å². The van der Waals surface area contributed by atoms with Crippen molar-refractivity contribution in [2.75, 3.05) is 13.1 Å². The highest BCUT2D eigenvalue weighted by Gasteiger charge is 2.41. The van der Waals surface area contributed by atoms with Crippen LogP contribution >= 0.6 is 24.0 Å². The smallest absolute Gasteiger partial charge is 0.239 e. The summed E-state index contributed by atoms with van der Waals surface area (Å²) in [4.78, 5) is 12.5. The number of carbonyl (C=O) groups excluding carboxylic acids is 1. The van der Waals surface area contributed by atoms with Gasteiger partial charge in [0.1, 0.15) is 11.9 Å². The Hall–Kier alpha value is -0.920. The number of fused-ring (bicyclic) bond motifs is 1. The maximum atomic E-state index is 13.2. The highest BCUT2D eigenvalue weighted by molar-refractivity contribution is 6.30. The van der Waals surface area contributed by atoms with E-state index in [0.29, 0.717) is 6.04 Å². The third-order valence-corrected chi connectivity index (χ3v) is 4.76. The van der Waals surface area contributed by atoms with Crippen molar-refractivity contribution in [2.24, 2.45) is 5.92 Å². The van der Waals surface area contributed by atoms with E-state index in [1.807, 2.05) is 6.92 Å². The van der Waals surface area contributed by atoms with E-state index in [-0.39, 0.29) is 41.3 Å². The van der Waals surface area contributed by atoms with Crippen LogP contribution in [-0.2, 0) is 4.79 Å². The molecule has 2 aliphatic rings. The van der Waals surface area contributed by atoms with Gasteiger partial charge in [-0.2, -0.15) is 0 Å². The van der Waals surface area contributed by atoms with E-state index in [1.54, 1.807) is 12.1 Å². The zero-order valence-electron chi connectivity index (χ0n) is 12.7. The zero-order chi connectivity index (χ0) is 15.7. The Morgan fingerprint density at radius 2 is 2.22 bits per heavy atom. The molecule has 2 aliphatic heterocycles. The van der Waals surface area contributed by atoms with E-state index in [4.69, 9.17) is 11.6 Å². The minimum atomic E-state index is -0.457. The first-order chi connectivity index (χ1) is 10.6. The molecule has 0 aromatic heterocycles. The third-order valence-electron chi connectivity index (χ3n) is 4.47. The molecule has 0 saturated carbocycles. The lowest BCUT2D eigenvalue weighted by molar-refractivity contribution is -0.124. The van der Waals surface area contributed by atoms with E-state index in [1.165, 1.54) is 6.07 Å². The molecule has 5 nitrogen and oxygen atoms in total. The molecule has 0 radical (unpaired) electrons. The van der Waals surface area contributed by atoms with Gasteiger partial charge in [-0.05, 0) is 37.6 Å². The van der Waals surface area contributed by atoms with Gasteiger partial charge in [0.25, 0.3) is 0 Å². The Balaban J connectivity index is 0.00000192. The van der Waals surface area contributed by atoms with Crippen LogP contribution < -0.4 is 21.5 Å². The fraction of sp³-hybridized carbons (Fsp3) is 0.533. The van der Waals surface area contributed by atoms with Crippen LogP contribution in [0.15, 0.2) is 18.2 Å². The number of carbonyl (C=O) groups is 1. The number of hydrazine groups is 1. The molecule has 4 N–H and O–H groups in total. The summed E-state index contributed by atoms with van der Waals surface area (Å²) in [7, 11) is 0. The number of halogens is 3. The molecule has 4 atom stereocenters. The summed E-state index contributed by atoms with van der Waals surface area (Å²) in [6, 6.07) is 4.33. The molecule has 1 amide bonds. The lowest BCUT2D eigenvalue weighted by atomic mass is 9.89. The van der Waals surface area contributed by atoms with Gasteiger partial charge < -0.3 is 10.6 Å². The van der Waals surface area contributed by atoms with Crippen LogP contribution in [0.5, 0.6) is 0 Å². The van der Waals surface area contributed by atoms with Crippen LogP contribution in [0.25, 0.3) is 0 Å². The summed E-state index contributed by atoms with van der Waals surface area (Å²) in [5.41, 5.74) is 7.07. The molecule has 128 valence electrons. The summed E-state index contributed by atoms with van der Waals surface area (Å²) >= 11 is 5.79. The largest absolute Gasteiger partial charge is 0.348 e. The molecule has 8 heteroatoms. The molecule has 0 bridgehead atoms. The molecular weight excluding hydrogens is 342 g/mol. The maximum Gasteiger partial charge on any atom is 0.239 e. The SMILES string of the molecule is CC(NC(=O)C1NNC2CCNCC21)c1ccc(F)c(Cl)c1.Cl. The van der Waals surface area contributed by atoms with Crippen molar-refractivity contribution in [1.82, 2.24) is 21.5 Å². The Bertz CT molecular complexity index is 574. The first-order valence-electron chi connectivity index (χ1n) is 7.53. The monoisotopic (exact) mass is 362 g/mol. The van der Waals surface area contributed by atoms with Crippen molar-refractivity contribution < 1.29 is 9.18 Å². The van der Waals surface area contributed by atoms with Crippen LogP contribution in [-0.4, -0.2) is 31.1 Å². The Morgan fingerprint density at radius 1 is 1.43 bits per heavy atom. The van der Waals surface area contributed by atoms with Gasteiger partial charge >= 0.3 is 0 Å². The van der Waals surface area contributed by atoms with Crippen molar-refractivity contribution in [3.8, 4) is 0 Å². The van der Waals surface area contributed by atoms with Gasteiger partial charge in [-0.25, -0.2) is 9.82 Å². The number of amides is 1. The minimum Gasteiger partial charge on any atom is -0.348 e. The zero-order valence-corrected chi connectivity index (χ0v) is 14.3. The fourth-order valence-corrected chi connectivity index (χ4v) is 3.33. The van der Waals surface area contributed by atoms with Gasteiger partial charge in [-0.15, -0.1) is 12.4 Å². The number of rotatable bonds is 3. The molecule has 1 aromatic rings. The molecule has 23 heavy (non-hydrogen) atoms. The molecule has 0 aliphatic carbocycles. The van der Waals surface area contributed by atoms with E-state index in [2.05, 4.69) is 21.5 Å². The first-order valence-corrected chi connectivity index (χ1v) is 7.91. The summed E-state index contributed by atoms with van der Waals surface area (Å²) < 4.78 is 13.2. The second-order valence-corrected chi connectivity index (χ2v) is 6.34. The van der Waals surface area contributed by atoms with Crippen molar-refractivity contribution in [2.45, 2.75) is 31.5 Å². The first kappa shape index (κ1) is 18.4. The van der Waals surface area contributed by atoms with Crippen LogP contribution in [0.4, 0.5) is 4.39 Å². The predicted octanol–water partition coefficient (Wildman–Crippen LogP) is 1.53. The van der Waals surface area contributed by atoms with Gasteiger partial charge in [-0.3, -0.25) is 10.2 Å². The van der Waals surface area contributed by atoms with Crippen LogP contribution in [0.3, 0.4) is 0 Å². The summed E-state index contributed by atoms with van der Waals surface area (Å²) in [5.74, 6) is -0.281. The van der Waals surface area contributed by atoms with E-state index >= 15 is 0 Å². The molecule has 2 saturated heterocycles. The molecule has 2 fully saturated rings. The number of hydrogen-bond acceptors (Lipinski definition) is 4. The van der Waals surface area contributed by atoms with Gasteiger partial charge in [0, 0.05) is 18.5 Å². The molecule has 1 aromatic carbocycles. The summed E-state index contributed by atoms with van der Waals surface area (Å²) in [6.45, 7) is 3.65. The second kappa shape index (κ2) is 7.77. The highest BCUT2D eigenvalue weighted by Crippen LogP contribution is 2.23. The Kier molecular flexibility index (Phi) is 6.22. The van der Waals surface area contributed by atoms with Crippen molar-refractivity contribution in [3.63, 3.8) is 0 Å². The average Bonchev–Trinajstić information content (AvgIpc) is 2.94. The quantitative estimate of drug-likeness (QED) is 0.658. The number of hydrogen-bond donors (Lipinski definition) is 4. The average molecular weight is 363 g/mol. The molecule has 3 rings (SSSR count). The van der Waals surface area contributed by atoms with Gasteiger partial charge in [0.15, 0.2) is 0 Å². The van der Waals surface area contributed by atoms with E-state index in [9.17, 15) is 9.18 Å². The summed E-state index contributed by atoms with van der Waals surface area (Å²) in [6.07, 6.45) is 1.00. The van der Waals surface area contributed by atoms with Crippen molar-refractivity contribution in [1.29, 1.82) is 0 Å². The second-order valence-electron chi connectivity index (χ2n) is 5.93. The van der Waals surface area contributed by atoms with E-state index in [0.717, 1.165) is 25.1 Å². The van der Waals surface area contributed by atoms with Gasteiger partial charge in [-0.1, -0.05) is 17.7 Å². The van der Waals surface area contributed by atoms with Crippen molar-refractivity contribution >= 4 is 29.9 Å². The normalized spacial score (nSPS) is 27.7. The third kappa shape index (κ3) is 3.95. The number of piperidine rings is 1. The van der Waals surface area contributed by atoms with Crippen LogP contribution in [0.1, 0.15) is 24.9 Å². The molecular formula is C15H21Cl2FN4O. The predicted molar refractivity (Wildman–Crippen MR) is 90.0 cm³/mol. The fourth-order valence-electron chi connectivity index (χ4n) is 3.14. The van der Waals surface area contributed by atoms with Crippen LogP contribution in [0, 0.1) is 11.7 Å². The molecule has 4 unspecified atom stereocenters. The lowest BCUT2D eigenvalue weighted by Crippen LogP contribution is -2.49. The van der Waals surface area contributed by atoms with Crippen molar-refractivity contribution in [3.05, 3.63) is 34.6 Å². The molecule has 2 heterocycles. The molecule has 0 spiro atoms. The lowest BCUT2D eigenvalue weighted by Gasteiger charge is -2.28. The van der Waals surface area contributed by atoms with Crippen LogP contribution in [0.2, 0.25) is 5.02 Å². The maximum absolute atomic E-state index is 13.2. The number of benzene rings is 1. The summed E-state index contributed by atoms with van der Waals surface area (Å²) in [5, 5.41) is 6.35. The standard InChI is InChI=1S/C15H20ClFN4O.ClH/c1-8(9-2-3-12(17)11(16)6-9)19-15(22)14-10-7-18-5-4-13(10)20-21-14;/h2-3,6,8,10,13-14,18,20-21H,4-5,7H2,1H3,(H,19,22);1H. The minimum absolute atomic E-state index is 0. The topological polar surface area (TPSA) is 65.2 Å². The highest BCUT2D eigenvalue weighted by atomic mass is 35.5. The van der Waals surface area contributed by atoms with E-state index < -0.39 is 5.82 Å². The van der Waals surface area contributed by atoms with Gasteiger partial charge in [0.2, 0.25) is 5.91 Å².